The van der Waals surface area contributed by atoms with Crippen LogP contribution < -0.4 is 4.74 Å². The van der Waals surface area contributed by atoms with Crippen molar-refractivity contribution < 1.29 is 14.3 Å². The third kappa shape index (κ3) is 4.09. The number of carbonyl (C=O) groups excluding carboxylic acids is 1. The molecule has 2 atom stereocenters. The molecule has 0 aliphatic carbocycles. The van der Waals surface area contributed by atoms with E-state index in [-0.39, 0.29) is 18.2 Å². The van der Waals surface area contributed by atoms with Gasteiger partial charge in [0, 0.05) is 12.7 Å². The van der Waals surface area contributed by atoms with Crippen molar-refractivity contribution in [1.82, 2.24) is 9.88 Å². The number of ether oxygens (including phenoxy) is 2. The summed E-state index contributed by atoms with van der Waals surface area (Å²) < 4.78 is 12.2. The van der Waals surface area contributed by atoms with E-state index in [0.717, 1.165) is 10.9 Å². The van der Waals surface area contributed by atoms with Gasteiger partial charge in [-0.2, -0.15) is 0 Å². The monoisotopic (exact) mass is 356 g/mol. The second kappa shape index (κ2) is 6.22. The molecular weight excluding hydrogens is 336 g/mol. The highest BCUT2D eigenvalue weighted by Gasteiger charge is 2.39. The summed E-state index contributed by atoms with van der Waals surface area (Å²) >= 11 is 3.43. The summed E-state index contributed by atoms with van der Waals surface area (Å²) in [6.45, 7) is 8.27. The predicted molar refractivity (Wildman–Crippen MR) is 83.4 cm³/mol. The number of rotatable bonds is 3. The molecule has 6 heteroatoms. The van der Waals surface area contributed by atoms with Crippen molar-refractivity contribution in [2.75, 3.05) is 6.54 Å². The number of halogens is 1. The largest absolute Gasteiger partial charge is 0.486 e. The maximum Gasteiger partial charge on any atom is 0.410 e. The normalized spacial score (nSPS) is 19.7. The van der Waals surface area contributed by atoms with E-state index in [1.807, 2.05) is 33.8 Å². The first kappa shape index (κ1) is 16.1. The summed E-state index contributed by atoms with van der Waals surface area (Å²) in [4.78, 5) is 17.9. The maximum absolute atomic E-state index is 12.1. The van der Waals surface area contributed by atoms with E-state index in [0.29, 0.717) is 12.3 Å². The van der Waals surface area contributed by atoms with Crippen LogP contribution in [0.3, 0.4) is 0 Å². The number of carbonyl (C=O) groups is 1. The number of hydrogen-bond acceptors (Lipinski definition) is 4. The van der Waals surface area contributed by atoms with Crippen molar-refractivity contribution in [2.45, 2.75) is 51.9 Å². The Balaban J connectivity index is 1.96. The fourth-order valence-electron chi connectivity index (χ4n) is 2.17. The Morgan fingerprint density at radius 1 is 1.52 bits per heavy atom. The van der Waals surface area contributed by atoms with Gasteiger partial charge in [0.2, 0.25) is 0 Å². The highest BCUT2D eigenvalue weighted by atomic mass is 79.9. The van der Waals surface area contributed by atoms with Crippen molar-refractivity contribution in [2.24, 2.45) is 0 Å². The van der Waals surface area contributed by atoms with Gasteiger partial charge in [-0.3, -0.25) is 4.98 Å². The third-order valence-electron chi connectivity index (χ3n) is 3.28. The van der Waals surface area contributed by atoms with Crippen LogP contribution in [0.15, 0.2) is 22.9 Å². The quantitative estimate of drug-likeness (QED) is 0.829. The van der Waals surface area contributed by atoms with E-state index in [1.54, 1.807) is 17.3 Å². The van der Waals surface area contributed by atoms with Gasteiger partial charge in [-0.1, -0.05) is 0 Å². The van der Waals surface area contributed by atoms with Crippen molar-refractivity contribution in [3.05, 3.63) is 22.9 Å². The van der Waals surface area contributed by atoms with Gasteiger partial charge < -0.3 is 14.4 Å². The molecule has 116 valence electrons. The number of nitrogens with zero attached hydrogens (tertiary/aromatic N) is 2. The summed E-state index contributed by atoms with van der Waals surface area (Å²) in [5.41, 5.74) is -0.478. The Bertz CT molecular complexity index is 516. The standard InChI is InChI=1S/C15H21BrN2O3/c1-10(20-13-9-17-7-5-11(13)16)12-6-8-18(12)14(19)21-15(2,3)4/h5,7,9-10,12H,6,8H2,1-4H3/t10-,12?/m0/s1. The minimum absolute atomic E-state index is 0.0342. The van der Waals surface area contributed by atoms with Gasteiger partial charge in [-0.25, -0.2) is 4.79 Å². The Labute approximate surface area is 133 Å². The molecule has 1 amide bonds. The molecule has 1 fully saturated rings. The molecule has 0 radical (unpaired) electrons. The molecule has 5 nitrogen and oxygen atoms in total. The van der Waals surface area contributed by atoms with Gasteiger partial charge in [0.1, 0.15) is 11.7 Å². The number of likely N-dealkylation sites (tertiary alicyclic amines) is 1. The number of hydrogen-bond donors (Lipinski definition) is 0. The fourth-order valence-corrected chi connectivity index (χ4v) is 2.49. The zero-order valence-electron chi connectivity index (χ0n) is 12.8. The average molecular weight is 357 g/mol. The molecule has 0 spiro atoms. The number of aromatic nitrogens is 1. The Hall–Kier alpha value is -1.30. The SMILES string of the molecule is C[C@H](Oc1cnccc1Br)C1CCN1C(=O)OC(C)(C)C. The lowest BCUT2D eigenvalue weighted by atomic mass is 9.99. The van der Waals surface area contributed by atoms with E-state index < -0.39 is 5.60 Å². The maximum atomic E-state index is 12.1. The lowest BCUT2D eigenvalue weighted by molar-refractivity contribution is -0.0302. The van der Waals surface area contributed by atoms with Crippen LogP contribution in [0.1, 0.15) is 34.1 Å². The number of amides is 1. The topological polar surface area (TPSA) is 51.7 Å². The van der Waals surface area contributed by atoms with Gasteiger partial charge in [0.15, 0.2) is 5.75 Å². The van der Waals surface area contributed by atoms with E-state index in [2.05, 4.69) is 20.9 Å². The van der Waals surface area contributed by atoms with Crippen molar-refractivity contribution in [1.29, 1.82) is 0 Å². The molecule has 0 aromatic carbocycles. The van der Waals surface area contributed by atoms with Crippen molar-refractivity contribution in [3.63, 3.8) is 0 Å². The molecule has 1 aromatic rings. The highest BCUT2D eigenvalue weighted by molar-refractivity contribution is 9.10. The molecule has 1 aliphatic rings. The van der Waals surface area contributed by atoms with Crippen LogP contribution in [0.5, 0.6) is 5.75 Å². The van der Waals surface area contributed by atoms with Crippen LogP contribution in [-0.2, 0) is 4.74 Å². The lowest BCUT2D eigenvalue weighted by Crippen LogP contribution is -2.58. The highest BCUT2D eigenvalue weighted by Crippen LogP contribution is 2.29. The summed E-state index contributed by atoms with van der Waals surface area (Å²) in [5, 5.41) is 0. The molecule has 21 heavy (non-hydrogen) atoms. The van der Waals surface area contributed by atoms with E-state index in [1.165, 1.54) is 0 Å². The first-order valence-corrected chi connectivity index (χ1v) is 7.83. The molecule has 2 rings (SSSR count). The molecule has 1 aliphatic heterocycles. The molecule has 1 aromatic heterocycles. The van der Waals surface area contributed by atoms with Gasteiger partial charge >= 0.3 is 6.09 Å². The molecule has 0 N–H and O–H groups in total. The second-order valence-corrected chi connectivity index (χ2v) is 7.01. The van der Waals surface area contributed by atoms with Gasteiger partial charge in [0.25, 0.3) is 0 Å². The zero-order chi connectivity index (χ0) is 15.6. The molecule has 0 bridgehead atoms. The van der Waals surface area contributed by atoms with Gasteiger partial charge in [-0.05, 0) is 56.1 Å². The predicted octanol–water partition coefficient (Wildman–Crippen LogP) is 3.62. The summed E-state index contributed by atoms with van der Waals surface area (Å²) in [7, 11) is 0. The van der Waals surface area contributed by atoms with Crippen LogP contribution >= 0.6 is 15.9 Å². The lowest BCUT2D eigenvalue weighted by Gasteiger charge is -2.44. The molecule has 0 saturated carbocycles. The summed E-state index contributed by atoms with van der Waals surface area (Å²) in [5.74, 6) is 0.682. The molecule has 1 unspecified atom stereocenters. The van der Waals surface area contributed by atoms with Crippen LogP contribution in [0.4, 0.5) is 4.79 Å². The second-order valence-electron chi connectivity index (χ2n) is 6.16. The third-order valence-corrected chi connectivity index (χ3v) is 3.94. The Morgan fingerprint density at radius 2 is 2.24 bits per heavy atom. The molecule has 1 saturated heterocycles. The smallest absolute Gasteiger partial charge is 0.410 e. The van der Waals surface area contributed by atoms with Gasteiger partial charge in [-0.15, -0.1) is 0 Å². The van der Waals surface area contributed by atoms with Crippen LogP contribution in [-0.4, -0.2) is 40.3 Å². The minimum atomic E-state index is -0.478. The van der Waals surface area contributed by atoms with E-state index in [9.17, 15) is 4.79 Å². The van der Waals surface area contributed by atoms with E-state index >= 15 is 0 Å². The first-order valence-electron chi connectivity index (χ1n) is 7.04. The van der Waals surface area contributed by atoms with Crippen molar-refractivity contribution in [3.8, 4) is 5.75 Å². The first-order chi connectivity index (χ1) is 9.78. The molecular formula is C15H21BrN2O3. The van der Waals surface area contributed by atoms with Gasteiger partial charge in [0.05, 0.1) is 16.7 Å². The summed E-state index contributed by atoms with van der Waals surface area (Å²) in [6.07, 6.45) is 3.87. The van der Waals surface area contributed by atoms with Crippen molar-refractivity contribution >= 4 is 22.0 Å². The fraction of sp³-hybridized carbons (Fsp3) is 0.600. The Kier molecular flexibility index (Phi) is 4.76. The average Bonchev–Trinajstić information content (AvgIpc) is 2.28. The van der Waals surface area contributed by atoms with Crippen LogP contribution in [0, 0.1) is 0 Å². The zero-order valence-corrected chi connectivity index (χ0v) is 14.4. The molecule has 2 heterocycles. The minimum Gasteiger partial charge on any atom is -0.486 e. The van der Waals surface area contributed by atoms with Crippen LogP contribution in [0.2, 0.25) is 0 Å². The van der Waals surface area contributed by atoms with E-state index in [4.69, 9.17) is 9.47 Å². The summed E-state index contributed by atoms with van der Waals surface area (Å²) in [6, 6.07) is 1.86. The number of pyridine rings is 1. The van der Waals surface area contributed by atoms with Crippen LogP contribution in [0.25, 0.3) is 0 Å². The Morgan fingerprint density at radius 3 is 2.76 bits per heavy atom.